The molecule has 2 rings (SSSR count). The summed E-state index contributed by atoms with van der Waals surface area (Å²) in [5, 5.41) is 11.8. The molecule has 1 aromatic carbocycles. The van der Waals surface area contributed by atoms with Gasteiger partial charge < -0.3 is 15.2 Å². The summed E-state index contributed by atoms with van der Waals surface area (Å²) < 4.78 is 6.57. The first-order valence-electron chi connectivity index (χ1n) is 5.48. The Bertz CT molecular complexity index is 448. The third-order valence-corrected chi connectivity index (χ3v) is 3.25. The van der Waals surface area contributed by atoms with Crippen LogP contribution >= 0.6 is 15.9 Å². The lowest BCUT2D eigenvalue weighted by atomic mass is 10.1. The molecule has 1 atom stereocenters. The molecule has 0 amide bonds. The first kappa shape index (κ1) is 12.4. The van der Waals surface area contributed by atoms with Crippen LogP contribution < -0.4 is 10.1 Å². The number of carbonyl (C=O) groups is 1. The van der Waals surface area contributed by atoms with Crippen molar-refractivity contribution in [3.63, 3.8) is 0 Å². The van der Waals surface area contributed by atoms with Crippen molar-refractivity contribution in [2.45, 2.75) is 25.9 Å². The molecule has 0 aliphatic carbocycles. The Morgan fingerprint density at radius 3 is 3.12 bits per heavy atom. The average molecular weight is 300 g/mol. The second-order valence-electron chi connectivity index (χ2n) is 4.09. The van der Waals surface area contributed by atoms with E-state index < -0.39 is 12.0 Å². The number of carboxylic acid groups (broad SMARTS) is 1. The van der Waals surface area contributed by atoms with E-state index in [-0.39, 0.29) is 0 Å². The topological polar surface area (TPSA) is 58.6 Å². The SMILES string of the molecule is C[C@@H](NCc1cc(Br)cc2c1OCC2)C(=O)O. The highest BCUT2D eigenvalue weighted by atomic mass is 79.9. The van der Waals surface area contributed by atoms with Crippen molar-refractivity contribution < 1.29 is 14.6 Å². The number of rotatable bonds is 4. The van der Waals surface area contributed by atoms with E-state index in [0.29, 0.717) is 13.2 Å². The van der Waals surface area contributed by atoms with Crippen LogP contribution in [0.15, 0.2) is 16.6 Å². The van der Waals surface area contributed by atoms with Crippen molar-refractivity contribution in [3.8, 4) is 5.75 Å². The number of ether oxygens (including phenoxy) is 1. The van der Waals surface area contributed by atoms with E-state index in [4.69, 9.17) is 9.84 Å². The Morgan fingerprint density at radius 1 is 1.65 bits per heavy atom. The fourth-order valence-corrected chi connectivity index (χ4v) is 2.38. The van der Waals surface area contributed by atoms with Gasteiger partial charge in [0.2, 0.25) is 0 Å². The molecular weight excluding hydrogens is 286 g/mol. The molecule has 0 radical (unpaired) electrons. The lowest BCUT2D eigenvalue weighted by molar-refractivity contribution is -0.139. The van der Waals surface area contributed by atoms with Gasteiger partial charge in [-0.25, -0.2) is 0 Å². The van der Waals surface area contributed by atoms with Gasteiger partial charge in [-0.05, 0) is 24.6 Å². The molecule has 0 aromatic heterocycles. The fraction of sp³-hybridized carbons (Fsp3) is 0.417. The van der Waals surface area contributed by atoms with Crippen LogP contribution in [0.1, 0.15) is 18.1 Å². The third kappa shape index (κ3) is 2.79. The van der Waals surface area contributed by atoms with Crippen molar-refractivity contribution in [2.75, 3.05) is 6.61 Å². The summed E-state index contributed by atoms with van der Waals surface area (Å²) in [4.78, 5) is 10.7. The minimum Gasteiger partial charge on any atom is -0.493 e. The molecule has 0 spiro atoms. The Balaban J connectivity index is 2.13. The van der Waals surface area contributed by atoms with Crippen LogP contribution in [0.2, 0.25) is 0 Å². The van der Waals surface area contributed by atoms with Crippen LogP contribution in [0, 0.1) is 0 Å². The van der Waals surface area contributed by atoms with E-state index in [0.717, 1.165) is 22.2 Å². The minimum absolute atomic E-state index is 0.495. The van der Waals surface area contributed by atoms with Crippen LogP contribution in [-0.2, 0) is 17.8 Å². The lowest BCUT2D eigenvalue weighted by Crippen LogP contribution is -2.33. The van der Waals surface area contributed by atoms with Gasteiger partial charge in [-0.1, -0.05) is 15.9 Å². The zero-order chi connectivity index (χ0) is 12.4. The van der Waals surface area contributed by atoms with Gasteiger partial charge in [-0.3, -0.25) is 4.79 Å². The van der Waals surface area contributed by atoms with Crippen LogP contribution in [0.3, 0.4) is 0 Å². The molecule has 0 saturated carbocycles. The highest BCUT2D eigenvalue weighted by Crippen LogP contribution is 2.32. The highest BCUT2D eigenvalue weighted by Gasteiger charge is 2.18. The first-order valence-corrected chi connectivity index (χ1v) is 6.27. The third-order valence-electron chi connectivity index (χ3n) is 2.79. The number of benzene rings is 1. The van der Waals surface area contributed by atoms with Crippen molar-refractivity contribution in [1.29, 1.82) is 0 Å². The molecule has 0 saturated heterocycles. The molecule has 17 heavy (non-hydrogen) atoms. The number of aliphatic carboxylic acids is 1. The zero-order valence-electron chi connectivity index (χ0n) is 9.50. The summed E-state index contributed by atoms with van der Waals surface area (Å²) in [7, 11) is 0. The Hall–Kier alpha value is -1.07. The number of hydrogen-bond acceptors (Lipinski definition) is 3. The quantitative estimate of drug-likeness (QED) is 0.892. The largest absolute Gasteiger partial charge is 0.493 e. The molecule has 2 N–H and O–H groups in total. The van der Waals surface area contributed by atoms with E-state index in [1.165, 1.54) is 5.56 Å². The van der Waals surface area contributed by atoms with Gasteiger partial charge in [0.1, 0.15) is 11.8 Å². The van der Waals surface area contributed by atoms with Gasteiger partial charge in [-0.15, -0.1) is 0 Å². The fourth-order valence-electron chi connectivity index (χ4n) is 1.83. The first-order chi connectivity index (χ1) is 8.08. The molecule has 1 aliphatic heterocycles. The van der Waals surface area contributed by atoms with E-state index in [1.807, 2.05) is 12.1 Å². The summed E-state index contributed by atoms with van der Waals surface area (Å²) in [6.45, 7) is 2.82. The number of fused-ring (bicyclic) bond motifs is 1. The molecule has 1 aromatic rings. The lowest BCUT2D eigenvalue weighted by Gasteiger charge is -2.12. The van der Waals surface area contributed by atoms with Gasteiger partial charge >= 0.3 is 5.97 Å². The molecule has 4 nitrogen and oxygen atoms in total. The predicted molar refractivity (Wildman–Crippen MR) is 67.3 cm³/mol. The van der Waals surface area contributed by atoms with E-state index in [2.05, 4.69) is 21.2 Å². The molecule has 5 heteroatoms. The number of hydrogen-bond donors (Lipinski definition) is 2. The number of nitrogens with one attached hydrogen (secondary N) is 1. The van der Waals surface area contributed by atoms with Gasteiger partial charge in [-0.2, -0.15) is 0 Å². The van der Waals surface area contributed by atoms with Crippen LogP contribution in [-0.4, -0.2) is 23.7 Å². The maximum absolute atomic E-state index is 10.7. The highest BCUT2D eigenvalue weighted by molar-refractivity contribution is 9.10. The second kappa shape index (κ2) is 5.06. The van der Waals surface area contributed by atoms with Crippen LogP contribution in [0.5, 0.6) is 5.75 Å². The van der Waals surface area contributed by atoms with Crippen LogP contribution in [0.4, 0.5) is 0 Å². The van der Waals surface area contributed by atoms with E-state index in [9.17, 15) is 4.79 Å². The van der Waals surface area contributed by atoms with Gasteiger partial charge in [0.25, 0.3) is 0 Å². The molecule has 0 unspecified atom stereocenters. The Kier molecular flexibility index (Phi) is 3.69. The molecular formula is C12H14BrNO3. The second-order valence-corrected chi connectivity index (χ2v) is 5.01. The summed E-state index contributed by atoms with van der Waals surface area (Å²) >= 11 is 3.45. The number of carboxylic acids is 1. The van der Waals surface area contributed by atoms with Gasteiger partial charge in [0.05, 0.1) is 6.61 Å². The van der Waals surface area contributed by atoms with E-state index >= 15 is 0 Å². The van der Waals surface area contributed by atoms with Crippen molar-refractivity contribution >= 4 is 21.9 Å². The van der Waals surface area contributed by atoms with E-state index in [1.54, 1.807) is 6.92 Å². The Labute approximate surface area is 108 Å². The normalized spacial score (nSPS) is 15.2. The maximum atomic E-state index is 10.7. The molecule has 0 bridgehead atoms. The van der Waals surface area contributed by atoms with Crippen molar-refractivity contribution in [1.82, 2.24) is 5.32 Å². The maximum Gasteiger partial charge on any atom is 0.320 e. The van der Waals surface area contributed by atoms with Crippen molar-refractivity contribution in [2.24, 2.45) is 0 Å². The molecule has 0 fully saturated rings. The molecule has 92 valence electrons. The predicted octanol–water partition coefficient (Wildman–Crippen LogP) is 1.95. The zero-order valence-corrected chi connectivity index (χ0v) is 11.1. The standard InChI is InChI=1S/C12H14BrNO3/c1-7(12(15)16)14-6-9-5-10(13)4-8-2-3-17-11(8)9/h4-5,7,14H,2-3,6H2,1H3,(H,15,16)/t7-/m1/s1. The summed E-state index contributed by atoms with van der Waals surface area (Å²) in [6, 6.07) is 3.45. The summed E-state index contributed by atoms with van der Waals surface area (Å²) in [5.41, 5.74) is 2.18. The smallest absolute Gasteiger partial charge is 0.320 e. The monoisotopic (exact) mass is 299 g/mol. The average Bonchev–Trinajstić information content (AvgIpc) is 2.72. The Morgan fingerprint density at radius 2 is 2.41 bits per heavy atom. The molecule has 1 aliphatic rings. The summed E-state index contributed by atoms with van der Waals surface area (Å²) in [5.74, 6) is 0.0517. The molecule has 1 heterocycles. The minimum atomic E-state index is -0.849. The van der Waals surface area contributed by atoms with Gasteiger partial charge in [0.15, 0.2) is 0 Å². The van der Waals surface area contributed by atoms with Gasteiger partial charge in [0, 0.05) is 23.0 Å². The van der Waals surface area contributed by atoms with Crippen molar-refractivity contribution in [3.05, 3.63) is 27.7 Å². The number of halogens is 1. The van der Waals surface area contributed by atoms with Crippen LogP contribution in [0.25, 0.3) is 0 Å². The summed E-state index contributed by atoms with van der Waals surface area (Å²) in [6.07, 6.45) is 0.913.